The van der Waals surface area contributed by atoms with Gasteiger partial charge in [-0.05, 0) is 50.3 Å². The summed E-state index contributed by atoms with van der Waals surface area (Å²) in [6, 6.07) is 6.04. The second-order valence-corrected chi connectivity index (χ2v) is 6.40. The molecule has 0 atom stereocenters. The van der Waals surface area contributed by atoms with Gasteiger partial charge in [-0.15, -0.1) is 0 Å². The Balaban J connectivity index is 1.63. The normalized spacial score (nSPS) is 23.9. The zero-order valence-corrected chi connectivity index (χ0v) is 13.8. The van der Waals surface area contributed by atoms with Gasteiger partial charge in [0.1, 0.15) is 11.6 Å². The van der Waals surface area contributed by atoms with Crippen molar-refractivity contribution in [3.8, 4) is 0 Å². The standard InChI is InChI=1S/C17H21FN4O2/c1-11-19-15(22(2)21-11)16(23)20-14-6-8-17(24,9-7-14)12-4-3-5-13(18)10-12/h3-5,10,14,24H,6-9H2,1-2H3,(H,20,23). The van der Waals surface area contributed by atoms with E-state index in [-0.39, 0.29) is 23.6 Å². The summed E-state index contributed by atoms with van der Waals surface area (Å²) in [6.07, 6.45) is 2.18. The first-order valence-corrected chi connectivity index (χ1v) is 8.04. The van der Waals surface area contributed by atoms with Crippen LogP contribution in [0.4, 0.5) is 4.39 Å². The molecule has 0 spiro atoms. The van der Waals surface area contributed by atoms with Gasteiger partial charge in [0.25, 0.3) is 5.91 Å². The summed E-state index contributed by atoms with van der Waals surface area (Å²) in [7, 11) is 1.68. The number of carbonyl (C=O) groups is 1. The van der Waals surface area contributed by atoms with Crippen LogP contribution >= 0.6 is 0 Å². The highest BCUT2D eigenvalue weighted by Gasteiger charge is 2.35. The Morgan fingerprint density at radius 2 is 2.12 bits per heavy atom. The van der Waals surface area contributed by atoms with E-state index in [0.717, 1.165) is 0 Å². The molecule has 0 aliphatic heterocycles. The van der Waals surface area contributed by atoms with Crippen molar-refractivity contribution in [3.63, 3.8) is 0 Å². The fourth-order valence-electron chi connectivity index (χ4n) is 3.27. The summed E-state index contributed by atoms with van der Waals surface area (Å²) in [6.45, 7) is 1.73. The van der Waals surface area contributed by atoms with Gasteiger partial charge >= 0.3 is 0 Å². The van der Waals surface area contributed by atoms with E-state index in [2.05, 4.69) is 15.4 Å². The summed E-state index contributed by atoms with van der Waals surface area (Å²) in [5.74, 6) is 0.207. The van der Waals surface area contributed by atoms with Crippen LogP contribution in [0, 0.1) is 12.7 Å². The number of halogens is 1. The van der Waals surface area contributed by atoms with Crippen LogP contribution in [0.5, 0.6) is 0 Å². The highest BCUT2D eigenvalue weighted by atomic mass is 19.1. The third-order valence-corrected chi connectivity index (χ3v) is 4.58. The van der Waals surface area contributed by atoms with Gasteiger partial charge in [0, 0.05) is 13.1 Å². The number of aryl methyl sites for hydroxylation is 2. The Kier molecular flexibility index (Phi) is 4.36. The van der Waals surface area contributed by atoms with Crippen molar-refractivity contribution < 1.29 is 14.3 Å². The summed E-state index contributed by atoms with van der Waals surface area (Å²) in [5, 5.41) is 17.8. The SMILES string of the molecule is Cc1nc(C(=O)NC2CCC(O)(c3cccc(F)c3)CC2)n(C)n1. The molecule has 1 aliphatic carbocycles. The summed E-state index contributed by atoms with van der Waals surface area (Å²) < 4.78 is 14.8. The molecule has 1 saturated carbocycles. The molecule has 2 N–H and O–H groups in total. The molecule has 1 aliphatic rings. The molecule has 3 rings (SSSR count). The van der Waals surface area contributed by atoms with Gasteiger partial charge < -0.3 is 10.4 Å². The molecule has 1 aromatic heterocycles. The Labute approximate surface area is 139 Å². The molecule has 1 fully saturated rings. The Bertz CT molecular complexity index is 751. The van der Waals surface area contributed by atoms with Crippen molar-refractivity contribution >= 4 is 5.91 Å². The number of aliphatic hydroxyl groups is 1. The maximum absolute atomic E-state index is 13.4. The highest BCUT2D eigenvalue weighted by molar-refractivity contribution is 5.90. The average Bonchev–Trinajstić information content (AvgIpc) is 2.88. The number of nitrogens with one attached hydrogen (secondary N) is 1. The minimum Gasteiger partial charge on any atom is -0.385 e. The summed E-state index contributed by atoms with van der Waals surface area (Å²) in [5.41, 5.74) is -0.443. The van der Waals surface area contributed by atoms with E-state index >= 15 is 0 Å². The molecule has 24 heavy (non-hydrogen) atoms. The number of benzene rings is 1. The summed E-state index contributed by atoms with van der Waals surface area (Å²) >= 11 is 0. The molecule has 6 nitrogen and oxygen atoms in total. The minimum absolute atomic E-state index is 0.0386. The van der Waals surface area contributed by atoms with Crippen molar-refractivity contribution in [2.24, 2.45) is 7.05 Å². The number of aromatic nitrogens is 3. The predicted octanol–water partition coefficient (Wildman–Crippen LogP) is 1.82. The molecular formula is C17H21FN4O2. The first kappa shape index (κ1) is 16.6. The van der Waals surface area contributed by atoms with Gasteiger partial charge in [-0.2, -0.15) is 5.10 Å². The largest absolute Gasteiger partial charge is 0.385 e. The molecule has 0 saturated heterocycles. The van der Waals surface area contributed by atoms with E-state index in [1.54, 1.807) is 26.1 Å². The molecule has 1 heterocycles. The topological polar surface area (TPSA) is 80.0 Å². The van der Waals surface area contributed by atoms with Crippen LogP contribution in [0.3, 0.4) is 0 Å². The average molecular weight is 332 g/mol. The third-order valence-electron chi connectivity index (χ3n) is 4.58. The molecule has 0 bridgehead atoms. The number of hydrogen-bond donors (Lipinski definition) is 2. The second kappa shape index (κ2) is 6.32. The lowest BCUT2D eigenvalue weighted by atomic mass is 9.77. The van der Waals surface area contributed by atoms with E-state index in [9.17, 15) is 14.3 Å². The van der Waals surface area contributed by atoms with E-state index in [1.807, 2.05) is 0 Å². The van der Waals surface area contributed by atoms with Crippen LogP contribution in [-0.2, 0) is 12.6 Å². The van der Waals surface area contributed by atoms with E-state index < -0.39 is 5.60 Å². The fraction of sp³-hybridized carbons (Fsp3) is 0.471. The van der Waals surface area contributed by atoms with E-state index in [4.69, 9.17) is 0 Å². The van der Waals surface area contributed by atoms with Gasteiger partial charge in [0.15, 0.2) is 0 Å². The highest BCUT2D eigenvalue weighted by Crippen LogP contribution is 2.37. The van der Waals surface area contributed by atoms with Crippen LogP contribution in [0.15, 0.2) is 24.3 Å². The maximum atomic E-state index is 13.4. The monoisotopic (exact) mass is 332 g/mol. The molecule has 1 amide bonds. The minimum atomic E-state index is -1.04. The zero-order valence-electron chi connectivity index (χ0n) is 13.8. The van der Waals surface area contributed by atoms with Gasteiger partial charge in [-0.1, -0.05) is 12.1 Å². The predicted molar refractivity (Wildman–Crippen MR) is 85.8 cm³/mol. The first-order valence-electron chi connectivity index (χ1n) is 8.04. The van der Waals surface area contributed by atoms with Gasteiger partial charge in [0.05, 0.1) is 5.60 Å². The molecule has 0 radical (unpaired) electrons. The second-order valence-electron chi connectivity index (χ2n) is 6.40. The van der Waals surface area contributed by atoms with Gasteiger partial charge in [0.2, 0.25) is 5.82 Å². The Morgan fingerprint density at radius 1 is 1.42 bits per heavy atom. The maximum Gasteiger partial charge on any atom is 0.289 e. The number of amides is 1. The third kappa shape index (κ3) is 3.31. The lowest BCUT2D eigenvalue weighted by Gasteiger charge is -2.36. The van der Waals surface area contributed by atoms with Crippen molar-refractivity contribution in [2.45, 2.75) is 44.2 Å². The molecule has 0 unspecified atom stereocenters. The van der Waals surface area contributed by atoms with Crippen LogP contribution in [0.2, 0.25) is 0 Å². The van der Waals surface area contributed by atoms with Crippen LogP contribution in [0.1, 0.15) is 47.7 Å². The van der Waals surface area contributed by atoms with E-state index in [1.165, 1.54) is 16.8 Å². The quantitative estimate of drug-likeness (QED) is 0.898. The molecule has 2 aromatic rings. The van der Waals surface area contributed by atoms with Crippen molar-refractivity contribution in [3.05, 3.63) is 47.3 Å². The molecular weight excluding hydrogens is 311 g/mol. The number of hydrogen-bond acceptors (Lipinski definition) is 4. The lowest BCUT2D eigenvalue weighted by molar-refractivity contribution is -0.00832. The van der Waals surface area contributed by atoms with Crippen LogP contribution in [0.25, 0.3) is 0 Å². The van der Waals surface area contributed by atoms with Crippen molar-refractivity contribution in [2.75, 3.05) is 0 Å². The lowest BCUT2D eigenvalue weighted by Crippen LogP contribution is -2.42. The van der Waals surface area contributed by atoms with Crippen LogP contribution < -0.4 is 5.32 Å². The van der Waals surface area contributed by atoms with Gasteiger partial charge in [-0.25, -0.2) is 14.1 Å². The Morgan fingerprint density at radius 3 is 2.71 bits per heavy atom. The van der Waals surface area contributed by atoms with E-state index in [0.29, 0.717) is 37.1 Å². The van der Waals surface area contributed by atoms with Crippen molar-refractivity contribution in [1.29, 1.82) is 0 Å². The number of rotatable bonds is 3. The van der Waals surface area contributed by atoms with Crippen molar-refractivity contribution in [1.82, 2.24) is 20.1 Å². The summed E-state index contributed by atoms with van der Waals surface area (Å²) in [4.78, 5) is 16.4. The number of nitrogens with zero attached hydrogens (tertiary/aromatic N) is 3. The zero-order chi connectivity index (χ0) is 17.3. The Hall–Kier alpha value is -2.28. The van der Waals surface area contributed by atoms with Gasteiger partial charge in [-0.3, -0.25) is 4.79 Å². The molecule has 128 valence electrons. The smallest absolute Gasteiger partial charge is 0.289 e. The fourth-order valence-corrected chi connectivity index (χ4v) is 3.27. The first-order chi connectivity index (χ1) is 11.4. The molecule has 1 aromatic carbocycles. The van der Waals surface area contributed by atoms with Crippen LogP contribution in [-0.4, -0.2) is 31.8 Å². The number of carbonyl (C=O) groups excluding carboxylic acids is 1. The molecule has 7 heteroatoms.